The van der Waals surface area contributed by atoms with Gasteiger partial charge in [-0.1, -0.05) is 31.5 Å². The van der Waals surface area contributed by atoms with Gasteiger partial charge in [-0.05, 0) is 36.8 Å². The first-order valence-corrected chi connectivity index (χ1v) is 9.53. The zero-order valence-electron chi connectivity index (χ0n) is 15.1. The molecule has 1 aromatic carbocycles. The lowest BCUT2D eigenvalue weighted by atomic mass is 9.83. The fourth-order valence-corrected chi connectivity index (χ4v) is 4.47. The number of piperidine rings is 1. The fraction of sp³-hybridized carbons (Fsp3) is 0.500. The summed E-state index contributed by atoms with van der Waals surface area (Å²) in [4.78, 5) is 18.8. The summed E-state index contributed by atoms with van der Waals surface area (Å²) in [6, 6.07) is 9.70. The van der Waals surface area contributed by atoms with Crippen LogP contribution in [-0.4, -0.2) is 41.7 Å². The Hall–Kier alpha value is -2.18. The van der Waals surface area contributed by atoms with Crippen molar-refractivity contribution in [2.45, 2.75) is 32.2 Å². The van der Waals surface area contributed by atoms with Gasteiger partial charge in [0, 0.05) is 31.1 Å². The Morgan fingerprint density at radius 2 is 2.23 bits per heavy atom. The number of carboxylic acid groups (broad SMARTS) is 1. The first-order valence-electron chi connectivity index (χ1n) is 9.53. The number of fused-ring (bicyclic) bond motifs is 1. The number of nitrogens with one attached hydrogen (secondary N) is 2. The van der Waals surface area contributed by atoms with E-state index in [4.69, 9.17) is 4.98 Å². The van der Waals surface area contributed by atoms with Crippen LogP contribution in [0.1, 0.15) is 36.5 Å². The highest BCUT2D eigenvalue weighted by atomic mass is 16.4. The Balaban J connectivity index is 1.63. The first-order chi connectivity index (χ1) is 12.7. The van der Waals surface area contributed by atoms with E-state index >= 15 is 0 Å². The zero-order valence-corrected chi connectivity index (χ0v) is 15.1. The zero-order chi connectivity index (χ0) is 18.1. The van der Waals surface area contributed by atoms with Gasteiger partial charge in [0.25, 0.3) is 0 Å². The van der Waals surface area contributed by atoms with Crippen molar-refractivity contribution in [1.82, 2.24) is 15.8 Å². The molecule has 2 aliphatic heterocycles. The van der Waals surface area contributed by atoms with Gasteiger partial charge in [-0.3, -0.25) is 10.9 Å². The number of pyridine rings is 1. The van der Waals surface area contributed by atoms with Crippen LogP contribution in [0.5, 0.6) is 0 Å². The Kier molecular flexibility index (Phi) is 4.78. The van der Waals surface area contributed by atoms with Crippen molar-refractivity contribution in [2.75, 3.05) is 24.5 Å². The van der Waals surface area contributed by atoms with Crippen molar-refractivity contribution in [2.24, 2.45) is 11.8 Å². The first kappa shape index (κ1) is 17.2. The Bertz CT molecular complexity index is 809. The topological polar surface area (TPSA) is 77.5 Å². The summed E-state index contributed by atoms with van der Waals surface area (Å²) in [6.07, 6.45) is 3.47. The lowest BCUT2D eigenvalue weighted by Gasteiger charge is -2.38. The minimum absolute atomic E-state index is 0.333. The number of hydrogen-bond acceptors (Lipinski definition) is 5. The summed E-state index contributed by atoms with van der Waals surface area (Å²) in [6.45, 7) is 5.12. The van der Waals surface area contributed by atoms with Crippen LogP contribution in [0.25, 0.3) is 10.9 Å². The minimum Gasteiger partial charge on any atom is -0.478 e. The van der Waals surface area contributed by atoms with E-state index < -0.39 is 5.97 Å². The Morgan fingerprint density at radius 3 is 3.04 bits per heavy atom. The molecule has 2 fully saturated rings. The van der Waals surface area contributed by atoms with Crippen molar-refractivity contribution in [1.29, 1.82) is 0 Å². The number of aromatic carboxylic acids is 1. The number of carboxylic acids is 1. The summed E-state index contributed by atoms with van der Waals surface area (Å²) in [7, 11) is 0. The molecule has 26 heavy (non-hydrogen) atoms. The van der Waals surface area contributed by atoms with Crippen molar-refractivity contribution in [3.8, 4) is 0 Å². The number of hydrazine groups is 1. The van der Waals surface area contributed by atoms with Gasteiger partial charge in [0.2, 0.25) is 0 Å². The predicted molar refractivity (Wildman–Crippen MR) is 102 cm³/mol. The number of para-hydroxylation sites is 1. The molecule has 3 atom stereocenters. The second kappa shape index (κ2) is 7.21. The van der Waals surface area contributed by atoms with Crippen molar-refractivity contribution in [3.05, 3.63) is 35.9 Å². The highest BCUT2D eigenvalue weighted by molar-refractivity contribution is 6.03. The molecule has 0 amide bonds. The van der Waals surface area contributed by atoms with Gasteiger partial charge in [0.1, 0.15) is 5.82 Å². The summed E-state index contributed by atoms with van der Waals surface area (Å²) >= 11 is 0. The van der Waals surface area contributed by atoms with E-state index in [0.29, 0.717) is 28.8 Å². The van der Waals surface area contributed by atoms with Crippen molar-refractivity contribution in [3.63, 3.8) is 0 Å². The molecule has 138 valence electrons. The summed E-state index contributed by atoms with van der Waals surface area (Å²) in [5.74, 6) is 1.08. The summed E-state index contributed by atoms with van der Waals surface area (Å²) < 4.78 is 0. The van der Waals surface area contributed by atoms with Gasteiger partial charge in [-0.15, -0.1) is 0 Å². The molecular formula is C20H26N4O2. The Labute approximate surface area is 153 Å². The molecule has 2 aliphatic rings. The molecule has 4 rings (SSSR count). The van der Waals surface area contributed by atoms with Gasteiger partial charge < -0.3 is 10.0 Å². The number of carbonyl (C=O) groups is 1. The SMILES string of the molecule is CCC1CNNC1C1CCCN(c2cc(C(=O)O)c3ccccc3n2)C1. The number of rotatable bonds is 4. The molecule has 3 N–H and O–H groups in total. The van der Waals surface area contributed by atoms with Crippen LogP contribution in [0, 0.1) is 11.8 Å². The number of anilines is 1. The highest BCUT2D eigenvalue weighted by Crippen LogP contribution is 2.31. The standard InChI is InChI=1S/C20H26N4O2/c1-2-13-11-21-23-19(13)14-6-5-9-24(12-14)18-10-16(20(25)26)15-7-3-4-8-17(15)22-18/h3-4,7-8,10,13-14,19,21,23H,2,5-6,9,11-12H2,1H3,(H,25,26). The van der Waals surface area contributed by atoms with E-state index in [1.54, 1.807) is 6.07 Å². The molecule has 0 bridgehead atoms. The van der Waals surface area contributed by atoms with E-state index in [-0.39, 0.29) is 0 Å². The maximum absolute atomic E-state index is 11.7. The summed E-state index contributed by atoms with van der Waals surface area (Å²) in [5, 5.41) is 10.3. The molecule has 3 heterocycles. The third-order valence-electron chi connectivity index (χ3n) is 5.89. The monoisotopic (exact) mass is 354 g/mol. The Morgan fingerprint density at radius 1 is 1.38 bits per heavy atom. The molecule has 2 saturated heterocycles. The van der Waals surface area contributed by atoms with Crippen LogP contribution in [0.3, 0.4) is 0 Å². The molecule has 0 aliphatic carbocycles. The number of aromatic nitrogens is 1. The van der Waals surface area contributed by atoms with Crippen LogP contribution < -0.4 is 15.8 Å². The largest absolute Gasteiger partial charge is 0.478 e. The van der Waals surface area contributed by atoms with Crippen LogP contribution in [0.4, 0.5) is 5.82 Å². The van der Waals surface area contributed by atoms with Crippen LogP contribution in [0.15, 0.2) is 30.3 Å². The number of benzene rings is 1. The maximum Gasteiger partial charge on any atom is 0.336 e. The quantitative estimate of drug-likeness (QED) is 0.784. The lowest BCUT2D eigenvalue weighted by Crippen LogP contribution is -2.47. The molecule has 2 aromatic rings. The number of hydrogen-bond donors (Lipinski definition) is 3. The highest BCUT2D eigenvalue weighted by Gasteiger charge is 2.35. The third kappa shape index (κ3) is 3.15. The molecule has 6 heteroatoms. The van der Waals surface area contributed by atoms with Crippen LogP contribution in [-0.2, 0) is 0 Å². The third-order valence-corrected chi connectivity index (χ3v) is 5.89. The van der Waals surface area contributed by atoms with E-state index in [9.17, 15) is 9.90 Å². The lowest BCUT2D eigenvalue weighted by molar-refractivity contribution is 0.0699. The minimum atomic E-state index is -0.897. The average Bonchev–Trinajstić information content (AvgIpc) is 3.16. The normalized spacial score (nSPS) is 26.3. The van der Waals surface area contributed by atoms with Crippen LogP contribution in [0.2, 0.25) is 0 Å². The molecule has 0 spiro atoms. The van der Waals surface area contributed by atoms with Crippen molar-refractivity contribution < 1.29 is 9.90 Å². The van der Waals surface area contributed by atoms with Gasteiger partial charge in [-0.25, -0.2) is 9.78 Å². The van der Waals surface area contributed by atoms with E-state index in [1.165, 1.54) is 12.8 Å². The maximum atomic E-state index is 11.7. The van der Waals surface area contributed by atoms with Gasteiger partial charge in [-0.2, -0.15) is 0 Å². The summed E-state index contributed by atoms with van der Waals surface area (Å²) in [5.41, 5.74) is 7.86. The molecular weight excluding hydrogens is 328 g/mol. The van der Waals surface area contributed by atoms with Crippen LogP contribution >= 0.6 is 0 Å². The predicted octanol–water partition coefficient (Wildman–Crippen LogP) is 2.65. The average molecular weight is 354 g/mol. The molecule has 3 unspecified atom stereocenters. The van der Waals surface area contributed by atoms with Crippen molar-refractivity contribution >= 4 is 22.7 Å². The fourth-order valence-electron chi connectivity index (χ4n) is 4.47. The smallest absolute Gasteiger partial charge is 0.336 e. The molecule has 0 radical (unpaired) electrons. The molecule has 1 aromatic heterocycles. The number of nitrogens with zero attached hydrogens (tertiary/aromatic N) is 2. The second-order valence-corrected chi connectivity index (χ2v) is 7.42. The van der Waals surface area contributed by atoms with E-state index in [1.807, 2.05) is 24.3 Å². The van der Waals surface area contributed by atoms with E-state index in [0.717, 1.165) is 37.4 Å². The van der Waals surface area contributed by atoms with E-state index in [2.05, 4.69) is 22.7 Å². The van der Waals surface area contributed by atoms with Gasteiger partial charge in [0.05, 0.1) is 11.1 Å². The second-order valence-electron chi connectivity index (χ2n) is 7.42. The molecule has 0 saturated carbocycles. The molecule has 6 nitrogen and oxygen atoms in total. The van der Waals surface area contributed by atoms with Gasteiger partial charge >= 0.3 is 5.97 Å². The van der Waals surface area contributed by atoms with Gasteiger partial charge in [0.15, 0.2) is 0 Å².